The van der Waals surface area contributed by atoms with Crippen molar-refractivity contribution in [3.05, 3.63) is 54.2 Å². The number of imidazole rings is 1. The highest BCUT2D eigenvalue weighted by Crippen LogP contribution is 2.22. The van der Waals surface area contributed by atoms with Gasteiger partial charge in [0.15, 0.2) is 11.5 Å². The zero-order valence-corrected chi connectivity index (χ0v) is 14.8. The van der Waals surface area contributed by atoms with Gasteiger partial charge in [0.05, 0.1) is 5.69 Å². The molecule has 1 aliphatic heterocycles. The molecule has 26 heavy (non-hydrogen) atoms. The van der Waals surface area contributed by atoms with E-state index >= 15 is 0 Å². The van der Waals surface area contributed by atoms with E-state index in [1.54, 1.807) is 4.52 Å². The van der Waals surface area contributed by atoms with Crippen LogP contribution in [0, 0.1) is 6.92 Å². The second-order valence-corrected chi connectivity index (χ2v) is 6.88. The summed E-state index contributed by atoms with van der Waals surface area (Å²) in [5.41, 5.74) is 2.87. The third-order valence-electron chi connectivity index (χ3n) is 5.04. The minimum atomic E-state index is 0.499. The third-order valence-corrected chi connectivity index (χ3v) is 5.04. The van der Waals surface area contributed by atoms with Gasteiger partial charge in [-0.15, -0.1) is 15.3 Å². The molecule has 0 N–H and O–H groups in total. The first-order chi connectivity index (χ1) is 12.7. The number of likely N-dealkylation sites (N-methyl/N-ethyl adjacent to an activating group) is 1. The number of fused-ring (bicyclic) bond motifs is 2. The van der Waals surface area contributed by atoms with Gasteiger partial charge in [0, 0.05) is 38.1 Å². The predicted octanol–water partition coefficient (Wildman–Crippen LogP) is 1.40. The monoisotopic (exact) mass is 348 g/mol. The standard InChI is InChI=1S/C18H20N8/c1-13-20-21-17-6-7-18(22-26(13)17)25-11-15(12-25)23(2)9-14-10-24-8-4-3-5-16(24)19-14/h3-8,10,15H,9,11-12H2,1-2H3. The van der Waals surface area contributed by atoms with Gasteiger partial charge in [-0.2, -0.15) is 4.52 Å². The van der Waals surface area contributed by atoms with E-state index in [2.05, 4.69) is 47.7 Å². The second-order valence-electron chi connectivity index (χ2n) is 6.88. The number of anilines is 1. The lowest BCUT2D eigenvalue weighted by atomic mass is 10.1. The highest BCUT2D eigenvalue weighted by molar-refractivity contribution is 5.48. The van der Waals surface area contributed by atoms with E-state index in [-0.39, 0.29) is 0 Å². The molecule has 0 spiro atoms. The van der Waals surface area contributed by atoms with E-state index in [0.717, 1.165) is 48.3 Å². The van der Waals surface area contributed by atoms with E-state index in [9.17, 15) is 0 Å². The van der Waals surface area contributed by atoms with Crippen LogP contribution >= 0.6 is 0 Å². The van der Waals surface area contributed by atoms with Crippen LogP contribution in [0.3, 0.4) is 0 Å². The van der Waals surface area contributed by atoms with Gasteiger partial charge in [-0.1, -0.05) is 6.07 Å². The first kappa shape index (κ1) is 15.3. The van der Waals surface area contributed by atoms with Crippen LogP contribution in [0.2, 0.25) is 0 Å². The quantitative estimate of drug-likeness (QED) is 0.555. The zero-order valence-electron chi connectivity index (χ0n) is 14.8. The molecule has 0 aromatic carbocycles. The van der Waals surface area contributed by atoms with Crippen molar-refractivity contribution >= 4 is 17.1 Å². The van der Waals surface area contributed by atoms with Gasteiger partial charge in [-0.25, -0.2) is 4.98 Å². The van der Waals surface area contributed by atoms with E-state index in [4.69, 9.17) is 0 Å². The average molecular weight is 348 g/mol. The molecule has 1 fully saturated rings. The number of hydrogen-bond donors (Lipinski definition) is 0. The maximum Gasteiger partial charge on any atom is 0.178 e. The van der Waals surface area contributed by atoms with Crippen molar-refractivity contribution in [2.24, 2.45) is 0 Å². The van der Waals surface area contributed by atoms with Crippen LogP contribution in [0.1, 0.15) is 11.5 Å². The third kappa shape index (κ3) is 2.50. The minimum Gasteiger partial charge on any atom is -0.352 e. The van der Waals surface area contributed by atoms with Crippen molar-refractivity contribution in [1.82, 2.24) is 34.1 Å². The minimum absolute atomic E-state index is 0.499. The smallest absolute Gasteiger partial charge is 0.178 e. The SMILES string of the molecule is Cc1nnc2ccc(N3CC(N(C)Cc4cn5ccccc5n4)C3)nn12. The molecular formula is C18H20N8. The Hall–Kier alpha value is -3.00. The van der Waals surface area contributed by atoms with Crippen molar-refractivity contribution in [2.75, 3.05) is 25.0 Å². The molecule has 0 unspecified atom stereocenters. The fourth-order valence-electron chi connectivity index (χ4n) is 3.42. The van der Waals surface area contributed by atoms with Gasteiger partial charge in [0.1, 0.15) is 11.5 Å². The molecule has 5 rings (SSSR count). The van der Waals surface area contributed by atoms with Crippen molar-refractivity contribution in [2.45, 2.75) is 19.5 Å². The Morgan fingerprint density at radius 1 is 1.12 bits per heavy atom. The lowest BCUT2D eigenvalue weighted by molar-refractivity contribution is 0.195. The number of rotatable bonds is 4. The molecule has 0 saturated carbocycles. The second kappa shape index (κ2) is 5.77. The Labute approximate surface area is 150 Å². The lowest BCUT2D eigenvalue weighted by Gasteiger charge is -2.44. The highest BCUT2D eigenvalue weighted by Gasteiger charge is 2.31. The van der Waals surface area contributed by atoms with Crippen LogP contribution in [-0.2, 0) is 6.54 Å². The van der Waals surface area contributed by atoms with E-state index in [1.807, 2.05) is 43.5 Å². The molecule has 8 nitrogen and oxygen atoms in total. The van der Waals surface area contributed by atoms with Crippen molar-refractivity contribution in [1.29, 1.82) is 0 Å². The summed E-state index contributed by atoms with van der Waals surface area (Å²) in [5, 5.41) is 12.8. The van der Waals surface area contributed by atoms with E-state index in [1.165, 1.54) is 0 Å². The molecule has 0 atom stereocenters. The average Bonchev–Trinajstić information content (AvgIpc) is 3.16. The molecule has 1 saturated heterocycles. The lowest BCUT2D eigenvalue weighted by Crippen LogP contribution is -2.58. The van der Waals surface area contributed by atoms with Crippen LogP contribution in [0.15, 0.2) is 42.7 Å². The van der Waals surface area contributed by atoms with Crippen LogP contribution in [0.5, 0.6) is 0 Å². The van der Waals surface area contributed by atoms with E-state index in [0.29, 0.717) is 6.04 Å². The molecule has 4 aromatic heterocycles. The summed E-state index contributed by atoms with van der Waals surface area (Å²) in [6, 6.07) is 10.6. The summed E-state index contributed by atoms with van der Waals surface area (Å²) in [6.45, 7) is 4.68. The summed E-state index contributed by atoms with van der Waals surface area (Å²) in [7, 11) is 2.16. The summed E-state index contributed by atoms with van der Waals surface area (Å²) < 4.78 is 3.86. The normalized spacial score (nSPS) is 15.3. The summed E-state index contributed by atoms with van der Waals surface area (Å²) in [5.74, 6) is 1.78. The number of aryl methyl sites for hydroxylation is 1. The van der Waals surface area contributed by atoms with Crippen molar-refractivity contribution in [3.8, 4) is 0 Å². The summed E-state index contributed by atoms with van der Waals surface area (Å²) in [6.07, 6.45) is 4.14. The fraction of sp³-hybridized carbons (Fsp3) is 0.333. The largest absolute Gasteiger partial charge is 0.352 e. The van der Waals surface area contributed by atoms with Crippen LogP contribution in [0.4, 0.5) is 5.82 Å². The first-order valence-electron chi connectivity index (χ1n) is 8.74. The molecule has 1 aliphatic rings. The first-order valence-corrected chi connectivity index (χ1v) is 8.74. The number of aromatic nitrogens is 6. The Bertz CT molecular complexity index is 1040. The van der Waals surface area contributed by atoms with Crippen LogP contribution in [0.25, 0.3) is 11.3 Å². The maximum absolute atomic E-state index is 4.69. The zero-order chi connectivity index (χ0) is 17.7. The highest BCUT2D eigenvalue weighted by atomic mass is 15.4. The van der Waals surface area contributed by atoms with Gasteiger partial charge in [-0.05, 0) is 38.2 Å². The molecule has 0 aliphatic carbocycles. The number of nitrogens with zero attached hydrogens (tertiary/aromatic N) is 8. The van der Waals surface area contributed by atoms with E-state index < -0.39 is 0 Å². The van der Waals surface area contributed by atoms with Gasteiger partial charge < -0.3 is 9.30 Å². The Morgan fingerprint density at radius 2 is 2.00 bits per heavy atom. The van der Waals surface area contributed by atoms with Gasteiger partial charge >= 0.3 is 0 Å². The summed E-state index contributed by atoms with van der Waals surface area (Å²) in [4.78, 5) is 9.33. The topological polar surface area (TPSA) is 66.9 Å². The molecule has 0 radical (unpaired) electrons. The molecule has 8 heteroatoms. The maximum atomic E-state index is 4.69. The summed E-state index contributed by atoms with van der Waals surface area (Å²) >= 11 is 0. The van der Waals surface area contributed by atoms with Gasteiger partial charge in [0.2, 0.25) is 0 Å². The molecule has 0 amide bonds. The molecule has 132 valence electrons. The number of hydrogen-bond acceptors (Lipinski definition) is 6. The Kier molecular flexibility index (Phi) is 3.39. The number of pyridine rings is 1. The van der Waals surface area contributed by atoms with Crippen LogP contribution < -0.4 is 4.90 Å². The fourth-order valence-corrected chi connectivity index (χ4v) is 3.42. The van der Waals surface area contributed by atoms with Crippen molar-refractivity contribution in [3.63, 3.8) is 0 Å². The van der Waals surface area contributed by atoms with Gasteiger partial charge in [-0.3, -0.25) is 4.90 Å². The van der Waals surface area contributed by atoms with Crippen molar-refractivity contribution < 1.29 is 0 Å². The molecule has 4 aromatic rings. The predicted molar refractivity (Wildman–Crippen MR) is 98.2 cm³/mol. The van der Waals surface area contributed by atoms with Gasteiger partial charge in [0.25, 0.3) is 0 Å². The molecule has 5 heterocycles. The molecule has 0 bridgehead atoms. The van der Waals surface area contributed by atoms with Crippen LogP contribution in [-0.4, -0.2) is 60.3 Å². The Balaban J connectivity index is 1.25. The Morgan fingerprint density at radius 3 is 2.85 bits per heavy atom. The molecular weight excluding hydrogens is 328 g/mol.